The molecule has 0 unspecified atom stereocenters. The summed E-state index contributed by atoms with van der Waals surface area (Å²) < 4.78 is 68.1. The number of hydrogen-bond acceptors (Lipinski definition) is 9. The Hall–Kier alpha value is -3.24. The van der Waals surface area contributed by atoms with E-state index in [1.165, 1.54) is 29.5 Å². The van der Waals surface area contributed by atoms with Crippen LogP contribution in [-0.4, -0.2) is 63.0 Å². The zero-order chi connectivity index (χ0) is 26.9. The molecular weight excluding hydrogens is 519 g/mol. The molecule has 0 radical (unpaired) electrons. The summed E-state index contributed by atoms with van der Waals surface area (Å²) in [6, 6.07) is 3.03. The van der Waals surface area contributed by atoms with E-state index in [-0.39, 0.29) is 41.9 Å². The van der Waals surface area contributed by atoms with Crippen molar-refractivity contribution in [3.05, 3.63) is 76.9 Å². The van der Waals surface area contributed by atoms with Gasteiger partial charge in [-0.15, -0.1) is 0 Å². The molecule has 198 valence electrons. The van der Waals surface area contributed by atoms with Gasteiger partial charge >= 0.3 is 10.3 Å². The smallest absolute Gasteiger partial charge is 0.333 e. The van der Waals surface area contributed by atoms with E-state index >= 15 is 0 Å². The fourth-order valence-electron chi connectivity index (χ4n) is 4.33. The van der Waals surface area contributed by atoms with Crippen LogP contribution in [0.15, 0.2) is 36.9 Å². The van der Waals surface area contributed by atoms with E-state index in [9.17, 15) is 36.6 Å². The summed E-state index contributed by atoms with van der Waals surface area (Å²) in [6.45, 7) is -0.546. The Morgan fingerprint density at radius 2 is 1.84 bits per heavy atom. The van der Waals surface area contributed by atoms with Gasteiger partial charge in [-0.2, -0.15) is 13.5 Å². The van der Waals surface area contributed by atoms with Gasteiger partial charge in [-0.1, -0.05) is 0 Å². The molecule has 0 bridgehead atoms. The number of hydrogen-bond donors (Lipinski definition) is 3. The number of aliphatic hydroxyl groups excluding tert-OH is 2. The molecule has 1 aromatic carbocycles. The minimum Gasteiger partial charge on any atom is -0.390 e. The van der Waals surface area contributed by atoms with Crippen LogP contribution in [0.25, 0.3) is 0 Å². The van der Waals surface area contributed by atoms with Gasteiger partial charge in [0.05, 0.1) is 36.6 Å². The summed E-state index contributed by atoms with van der Waals surface area (Å²) in [6.07, 6.45) is 1.61. The molecule has 0 spiro atoms. The lowest BCUT2D eigenvalue weighted by Crippen LogP contribution is -2.31. The summed E-state index contributed by atoms with van der Waals surface area (Å²) in [5, 5.41) is 29.7. The normalized spacial score (nSPS) is 21.9. The highest BCUT2D eigenvalue weighted by Gasteiger charge is 2.42. The Labute approximate surface area is 209 Å². The van der Waals surface area contributed by atoms with Gasteiger partial charge in [-0.3, -0.25) is 13.7 Å². The predicted octanol–water partition coefficient (Wildman–Crippen LogP) is 0.490. The second-order valence-electron chi connectivity index (χ2n) is 8.70. The molecule has 0 aliphatic heterocycles. The molecule has 4 atom stereocenters. The quantitative estimate of drug-likeness (QED) is 0.258. The molecule has 4 N–H and O–H groups in total. The third-order valence-corrected chi connectivity index (χ3v) is 6.59. The number of nitrogens with zero attached hydrogens (tertiary/aromatic N) is 4. The van der Waals surface area contributed by atoms with Gasteiger partial charge in [0, 0.05) is 18.3 Å². The van der Waals surface area contributed by atoms with Crippen molar-refractivity contribution in [3.63, 3.8) is 0 Å². The first-order valence-electron chi connectivity index (χ1n) is 11.0. The van der Waals surface area contributed by atoms with Crippen LogP contribution in [0.1, 0.15) is 33.7 Å². The molecule has 15 heteroatoms. The van der Waals surface area contributed by atoms with Crippen LogP contribution in [-0.2, 0) is 27.5 Å². The van der Waals surface area contributed by atoms with Gasteiger partial charge in [0.2, 0.25) is 5.78 Å². The molecule has 0 saturated heterocycles. The van der Waals surface area contributed by atoms with Gasteiger partial charge in [-0.25, -0.2) is 28.3 Å². The summed E-state index contributed by atoms with van der Waals surface area (Å²) in [7, 11) is -4.22. The van der Waals surface area contributed by atoms with Crippen molar-refractivity contribution in [2.75, 3.05) is 6.61 Å². The monoisotopic (exact) mass is 541 g/mol. The van der Waals surface area contributed by atoms with E-state index in [0.29, 0.717) is 0 Å². The van der Waals surface area contributed by atoms with Crippen molar-refractivity contribution in [2.24, 2.45) is 17.0 Å². The van der Waals surface area contributed by atoms with E-state index in [4.69, 9.17) is 5.14 Å². The third kappa shape index (κ3) is 6.19. The van der Waals surface area contributed by atoms with Gasteiger partial charge in [-0.05, 0) is 42.5 Å². The van der Waals surface area contributed by atoms with Crippen LogP contribution >= 0.6 is 0 Å². The Bertz CT molecular complexity index is 1400. The zero-order valence-corrected chi connectivity index (χ0v) is 19.9. The standard InChI is InChI=1S/C22H22F3N5O6S/c23-15-3-11(4-16(24)19(15)25)8-30-2-1-17(29-30)22(33)14-7-27-10-28-18(14)6-12-5-13(21(32)20(12)31)9-36-37(26,34)35/h1-4,7,10,12-13,20-21,31-32H,5-6,8-9H2,(H2,26,34,35)/t12-,13+,20-,21+/m0/s1. The number of halogens is 3. The molecule has 1 aliphatic rings. The van der Waals surface area contributed by atoms with Gasteiger partial charge in [0.25, 0.3) is 0 Å². The number of rotatable bonds is 9. The molecule has 1 saturated carbocycles. The Kier molecular flexibility index (Phi) is 7.70. The zero-order valence-electron chi connectivity index (χ0n) is 19.0. The van der Waals surface area contributed by atoms with Crippen LogP contribution < -0.4 is 5.14 Å². The number of benzene rings is 1. The SMILES string of the molecule is NS(=O)(=O)OC[C@H]1C[C@@H](Cc2ncncc2C(=O)c2ccn(Cc3cc(F)c(F)c(F)c3)n2)[C@H](O)[C@@H]1O. The molecule has 37 heavy (non-hydrogen) atoms. The summed E-state index contributed by atoms with van der Waals surface area (Å²) in [5.74, 6) is -6.13. The van der Waals surface area contributed by atoms with E-state index in [0.717, 1.165) is 12.1 Å². The Balaban J connectivity index is 1.48. The molecular formula is C22H22F3N5O6S. The average molecular weight is 542 g/mol. The number of aromatic nitrogens is 4. The number of ketones is 1. The van der Waals surface area contributed by atoms with Gasteiger partial charge < -0.3 is 10.2 Å². The van der Waals surface area contributed by atoms with E-state index in [1.807, 2.05) is 0 Å². The van der Waals surface area contributed by atoms with Gasteiger partial charge in [0.15, 0.2) is 17.5 Å². The molecule has 2 heterocycles. The first-order chi connectivity index (χ1) is 17.4. The van der Waals surface area contributed by atoms with Crippen molar-refractivity contribution < 1.29 is 40.8 Å². The number of carbonyl (C=O) groups excluding carboxylic acids is 1. The summed E-state index contributed by atoms with van der Waals surface area (Å²) >= 11 is 0. The molecule has 0 amide bonds. The average Bonchev–Trinajstić information content (AvgIpc) is 3.41. The van der Waals surface area contributed by atoms with Crippen LogP contribution in [0.5, 0.6) is 0 Å². The van der Waals surface area contributed by atoms with Crippen molar-refractivity contribution in [3.8, 4) is 0 Å². The van der Waals surface area contributed by atoms with Crippen LogP contribution in [0.4, 0.5) is 13.2 Å². The van der Waals surface area contributed by atoms with Crippen LogP contribution in [0.2, 0.25) is 0 Å². The first kappa shape index (κ1) is 26.8. The summed E-state index contributed by atoms with van der Waals surface area (Å²) in [4.78, 5) is 21.2. The first-order valence-corrected chi connectivity index (χ1v) is 12.4. The minimum absolute atomic E-state index is 0.0226. The van der Waals surface area contributed by atoms with Gasteiger partial charge in [0.1, 0.15) is 12.0 Å². The van der Waals surface area contributed by atoms with Crippen molar-refractivity contribution in [1.82, 2.24) is 19.7 Å². The summed E-state index contributed by atoms with van der Waals surface area (Å²) in [5.41, 5.74) is 0.418. The van der Waals surface area contributed by atoms with E-state index in [2.05, 4.69) is 19.2 Å². The highest BCUT2D eigenvalue weighted by molar-refractivity contribution is 7.84. The highest BCUT2D eigenvalue weighted by atomic mass is 32.2. The second-order valence-corrected chi connectivity index (χ2v) is 9.92. The Morgan fingerprint density at radius 3 is 2.51 bits per heavy atom. The van der Waals surface area contributed by atoms with Crippen LogP contribution in [0.3, 0.4) is 0 Å². The number of aliphatic hydroxyl groups is 2. The lowest BCUT2D eigenvalue weighted by molar-refractivity contribution is -0.00334. The van der Waals surface area contributed by atoms with Crippen molar-refractivity contribution in [1.29, 1.82) is 0 Å². The van der Waals surface area contributed by atoms with E-state index in [1.54, 1.807) is 0 Å². The molecule has 4 rings (SSSR count). The molecule has 1 aliphatic carbocycles. The number of nitrogens with two attached hydrogens (primary N) is 1. The van der Waals surface area contributed by atoms with Crippen molar-refractivity contribution in [2.45, 2.75) is 31.6 Å². The molecule has 11 nitrogen and oxygen atoms in total. The number of carbonyl (C=O) groups is 1. The fraction of sp³-hybridized carbons (Fsp3) is 0.364. The van der Waals surface area contributed by atoms with E-state index < -0.39 is 64.2 Å². The molecule has 2 aromatic heterocycles. The van der Waals surface area contributed by atoms with Crippen molar-refractivity contribution >= 4 is 16.1 Å². The largest absolute Gasteiger partial charge is 0.390 e. The lowest BCUT2D eigenvalue weighted by Gasteiger charge is -2.17. The fourth-order valence-corrected chi connectivity index (χ4v) is 4.69. The maximum atomic E-state index is 13.5. The maximum absolute atomic E-state index is 13.5. The predicted molar refractivity (Wildman–Crippen MR) is 119 cm³/mol. The third-order valence-electron chi connectivity index (χ3n) is 6.12. The molecule has 3 aromatic rings. The highest BCUT2D eigenvalue weighted by Crippen LogP contribution is 2.35. The minimum atomic E-state index is -4.22. The van der Waals surface area contributed by atoms with Crippen LogP contribution in [0, 0.1) is 29.3 Å². The topological polar surface area (TPSA) is 171 Å². The molecule has 1 fully saturated rings. The maximum Gasteiger partial charge on any atom is 0.333 e. The Morgan fingerprint density at radius 1 is 1.16 bits per heavy atom. The lowest BCUT2D eigenvalue weighted by atomic mass is 9.95. The second kappa shape index (κ2) is 10.6.